The summed E-state index contributed by atoms with van der Waals surface area (Å²) in [5.41, 5.74) is 2.65. The Balaban J connectivity index is 1.99. The molecule has 4 rings (SSSR count). The molecule has 82 valence electrons. The van der Waals surface area contributed by atoms with Gasteiger partial charge in [0, 0.05) is 0 Å². The van der Waals surface area contributed by atoms with Crippen molar-refractivity contribution in [3.05, 3.63) is 54.9 Å². The number of aromatic amines is 2. The molecule has 0 aliphatic carbocycles. The number of nitrogens with one attached hydrogen (secondary N) is 2. The Morgan fingerprint density at radius 1 is 0.706 bits per heavy atom. The van der Waals surface area contributed by atoms with Crippen molar-refractivity contribution in [2.24, 2.45) is 0 Å². The number of hydrogen-bond acceptors (Lipinski definition) is 0. The topological polar surface area (TPSA) is 31.6 Å². The van der Waals surface area contributed by atoms with Crippen molar-refractivity contribution < 1.29 is 0 Å². The molecule has 0 amide bonds. The summed E-state index contributed by atoms with van der Waals surface area (Å²) in [5.74, 6) is 0. The van der Waals surface area contributed by atoms with Gasteiger partial charge in [0.1, 0.15) is 0 Å². The molecule has 2 N–H and O–H groups in total. The van der Waals surface area contributed by atoms with E-state index in [0.29, 0.717) is 0 Å². The quantitative estimate of drug-likeness (QED) is 0.432. The van der Waals surface area contributed by atoms with E-state index in [2.05, 4.69) is 64.8 Å². The predicted molar refractivity (Wildman–Crippen MR) is 71.7 cm³/mol. The van der Waals surface area contributed by atoms with Gasteiger partial charge in [0.15, 0.2) is 0 Å². The van der Waals surface area contributed by atoms with E-state index >= 15 is 0 Å². The van der Waals surface area contributed by atoms with Crippen LogP contribution in [0.3, 0.4) is 0 Å². The fourth-order valence-electron chi connectivity index (χ4n) is 2.48. The fourth-order valence-corrected chi connectivity index (χ4v) is 12.3. The van der Waals surface area contributed by atoms with Gasteiger partial charge in [-0.3, -0.25) is 0 Å². The molecule has 2 nitrogen and oxygen atoms in total. The van der Waals surface area contributed by atoms with Gasteiger partial charge in [-0.15, -0.1) is 0 Å². The van der Waals surface area contributed by atoms with Crippen LogP contribution in [0.4, 0.5) is 0 Å². The maximum absolute atomic E-state index is 3.38. The summed E-state index contributed by atoms with van der Waals surface area (Å²) < 4.78 is 4.71. The molecule has 1 aliphatic heterocycles. The summed E-state index contributed by atoms with van der Waals surface area (Å²) >= 11 is -1.93. The number of rotatable bonds is 1. The summed E-state index contributed by atoms with van der Waals surface area (Å²) in [6.07, 6.45) is 4.14. The molecule has 0 saturated heterocycles. The van der Waals surface area contributed by atoms with E-state index in [1.54, 1.807) is 9.81 Å². The molecule has 17 heavy (non-hydrogen) atoms. The normalized spacial score (nSPS) is 13.6. The average molecular weight is 416 g/mol. The van der Waals surface area contributed by atoms with Crippen molar-refractivity contribution in [1.29, 1.82) is 0 Å². The van der Waals surface area contributed by atoms with Crippen LogP contribution in [0.5, 0.6) is 0 Å². The van der Waals surface area contributed by atoms with E-state index in [1.807, 2.05) is 0 Å². The molecule has 3 heterocycles. The van der Waals surface area contributed by atoms with E-state index < -0.39 is 21.8 Å². The van der Waals surface area contributed by atoms with Crippen LogP contribution in [-0.2, 0) is 0 Å². The Morgan fingerprint density at radius 2 is 1.29 bits per heavy atom. The van der Waals surface area contributed by atoms with Crippen LogP contribution in [-0.4, -0.2) is 31.7 Å². The van der Waals surface area contributed by atoms with Crippen LogP contribution in [0, 0.1) is 0 Å². The first-order valence-electron chi connectivity index (χ1n) is 5.65. The van der Waals surface area contributed by atoms with Crippen molar-refractivity contribution in [2.75, 3.05) is 0 Å². The predicted octanol–water partition coefficient (Wildman–Crippen LogP) is 0.839. The molecule has 3 heteroatoms. The van der Waals surface area contributed by atoms with Crippen LogP contribution < -0.4 is 9.81 Å². The van der Waals surface area contributed by atoms with E-state index in [-0.39, 0.29) is 0 Å². The first-order valence-corrected chi connectivity index (χ1v) is 10.9. The summed E-state index contributed by atoms with van der Waals surface area (Å²) in [7, 11) is 0. The Labute approximate surface area is 107 Å². The summed E-state index contributed by atoms with van der Waals surface area (Å²) in [6.45, 7) is 0. The Bertz CT molecular complexity index is 626. The van der Waals surface area contributed by atoms with E-state index in [0.717, 1.165) is 0 Å². The first kappa shape index (κ1) is 9.67. The molecule has 2 aromatic heterocycles. The second-order valence-corrected chi connectivity index (χ2v) is 12.5. The third-order valence-electron chi connectivity index (χ3n) is 3.20. The Kier molecular flexibility index (Phi) is 2.03. The monoisotopic (exact) mass is 416 g/mol. The fraction of sp³-hybridized carbons (Fsp3) is 0. The van der Waals surface area contributed by atoms with Gasteiger partial charge in [-0.2, -0.15) is 0 Å². The van der Waals surface area contributed by atoms with Gasteiger partial charge in [0.25, 0.3) is 0 Å². The van der Waals surface area contributed by atoms with Crippen LogP contribution in [0.1, 0.15) is 0 Å². The minimum atomic E-state index is -1.93. The number of H-pyrrole nitrogens is 2. The van der Waals surface area contributed by atoms with Crippen molar-refractivity contribution >= 4 is 31.6 Å². The maximum atomic E-state index is 3.38. The van der Waals surface area contributed by atoms with Crippen molar-refractivity contribution in [2.45, 2.75) is 0 Å². The molecule has 0 fully saturated rings. The molecule has 1 aliphatic rings. The van der Waals surface area contributed by atoms with Gasteiger partial charge in [-0.1, -0.05) is 0 Å². The summed E-state index contributed by atoms with van der Waals surface area (Å²) in [5, 5.41) is 0. The SMILES string of the molecule is c1cc[c]([Bi]2[c]3cc[nH]c3-c3[nH]cc[c]32)cc1. The van der Waals surface area contributed by atoms with E-state index in [9.17, 15) is 0 Å². The van der Waals surface area contributed by atoms with Crippen LogP contribution in [0.15, 0.2) is 54.9 Å². The zero-order valence-electron chi connectivity index (χ0n) is 9.14. The van der Waals surface area contributed by atoms with E-state index in [1.165, 1.54) is 11.4 Å². The molecule has 0 spiro atoms. The average Bonchev–Trinajstić information content (AvgIpc) is 3.01. The number of hydrogen-bond donors (Lipinski definition) is 2. The zero-order chi connectivity index (χ0) is 11.2. The van der Waals surface area contributed by atoms with Crippen molar-refractivity contribution in [3.63, 3.8) is 0 Å². The third-order valence-corrected chi connectivity index (χ3v) is 13.0. The van der Waals surface area contributed by atoms with Crippen LogP contribution in [0.2, 0.25) is 0 Å². The number of aromatic nitrogens is 2. The summed E-state index contributed by atoms with van der Waals surface area (Å²) in [4.78, 5) is 6.76. The van der Waals surface area contributed by atoms with Crippen molar-refractivity contribution in [1.82, 2.24) is 9.97 Å². The number of fused-ring (bicyclic) bond motifs is 3. The van der Waals surface area contributed by atoms with Crippen LogP contribution >= 0.6 is 0 Å². The molecule has 1 aromatic carbocycles. The van der Waals surface area contributed by atoms with Gasteiger partial charge >= 0.3 is 108 Å². The summed E-state index contributed by atoms with van der Waals surface area (Å²) in [6, 6.07) is 15.5. The molecule has 0 radical (unpaired) electrons. The molecule has 0 atom stereocenters. The third kappa shape index (κ3) is 1.29. The molecule has 0 saturated carbocycles. The molecule has 0 bridgehead atoms. The molecule has 3 aromatic rings. The van der Waals surface area contributed by atoms with Crippen LogP contribution in [0.25, 0.3) is 11.4 Å². The minimum absolute atomic E-state index is 1.33. The van der Waals surface area contributed by atoms with Gasteiger partial charge in [0.2, 0.25) is 0 Å². The number of benzene rings is 1. The van der Waals surface area contributed by atoms with E-state index in [4.69, 9.17) is 0 Å². The zero-order valence-corrected chi connectivity index (χ0v) is 12.6. The molecular weight excluding hydrogens is 405 g/mol. The Hall–Kier alpha value is -1.34. The molecular formula is C14H11BiN2. The second kappa shape index (κ2) is 3.58. The van der Waals surface area contributed by atoms with Gasteiger partial charge < -0.3 is 0 Å². The van der Waals surface area contributed by atoms with Gasteiger partial charge in [-0.25, -0.2) is 0 Å². The standard InChI is InChI=1S/C8H6N2.C6H5.Bi/c1-3-7(9-5-1)8-4-2-6-10-8;1-2-4-6-5-3-1;/h1-2,5-6,9-10H;1-5H;. The van der Waals surface area contributed by atoms with Gasteiger partial charge in [0.05, 0.1) is 0 Å². The first-order chi connectivity index (χ1) is 8.45. The second-order valence-electron chi connectivity index (χ2n) is 4.15. The molecule has 0 unspecified atom stereocenters. The van der Waals surface area contributed by atoms with Crippen molar-refractivity contribution in [3.8, 4) is 11.4 Å². The van der Waals surface area contributed by atoms with Gasteiger partial charge in [-0.05, 0) is 0 Å². The Morgan fingerprint density at radius 3 is 1.88 bits per heavy atom.